The van der Waals surface area contributed by atoms with Crippen LogP contribution in [0.25, 0.3) is 17.4 Å². The molecular formula is C24H17ClN2O6S. The number of aromatic carboxylic acids is 1. The molecule has 34 heavy (non-hydrogen) atoms. The van der Waals surface area contributed by atoms with Gasteiger partial charge in [-0.1, -0.05) is 17.7 Å². The minimum absolute atomic E-state index is 0.0332. The highest BCUT2D eigenvalue weighted by molar-refractivity contribution is 7.80. The van der Waals surface area contributed by atoms with Gasteiger partial charge in [-0.15, -0.1) is 0 Å². The molecule has 0 atom stereocenters. The number of carbonyl (C=O) groups excluding carboxylic acids is 2. The number of amides is 2. The van der Waals surface area contributed by atoms with Crippen LogP contribution in [0.2, 0.25) is 5.02 Å². The molecule has 8 nitrogen and oxygen atoms in total. The molecule has 0 bridgehead atoms. The second-order valence-electron chi connectivity index (χ2n) is 7.09. The summed E-state index contributed by atoms with van der Waals surface area (Å²) in [5.74, 6) is -1.13. The number of anilines is 1. The number of thiocarbonyl (C=S) groups is 1. The zero-order valence-corrected chi connectivity index (χ0v) is 19.3. The highest BCUT2D eigenvalue weighted by atomic mass is 35.5. The monoisotopic (exact) mass is 496 g/mol. The zero-order chi connectivity index (χ0) is 24.4. The van der Waals surface area contributed by atoms with Crippen LogP contribution in [-0.4, -0.2) is 34.6 Å². The number of carboxylic acid groups (broad SMARTS) is 1. The van der Waals surface area contributed by atoms with Crippen LogP contribution < -0.4 is 15.0 Å². The average Bonchev–Trinajstić information content (AvgIpc) is 3.26. The molecule has 0 aliphatic carbocycles. The molecule has 1 aliphatic rings. The molecule has 0 radical (unpaired) electrons. The molecular weight excluding hydrogens is 480 g/mol. The van der Waals surface area contributed by atoms with Gasteiger partial charge >= 0.3 is 5.97 Å². The summed E-state index contributed by atoms with van der Waals surface area (Å²) in [6.45, 7) is 2.37. The molecule has 0 unspecified atom stereocenters. The molecule has 1 fully saturated rings. The van der Waals surface area contributed by atoms with Crippen molar-refractivity contribution >= 4 is 58.5 Å². The molecule has 1 aliphatic heterocycles. The number of nitrogens with zero attached hydrogens (tertiary/aromatic N) is 1. The summed E-state index contributed by atoms with van der Waals surface area (Å²) >= 11 is 11.2. The number of carboxylic acids is 1. The minimum Gasteiger partial charge on any atom is -0.494 e. The van der Waals surface area contributed by atoms with E-state index in [1.165, 1.54) is 23.1 Å². The molecule has 3 aromatic rings. The Labute approximate surface area is 204 Å². The number of ether oxygens (including phenoxy) is 1. The van der Waals surface area contributed by atoms with E-state index in [9.17, 15) is 14.4 Å². The van der Waals surface area contributed by atoms with E-state index in [0.29, 0.717) is 29.4 Å². The fraction of sp³-hybridized carbons (Fsp3) is 0.0833. The van der Waals surface area contributed by atoms with E-state index in [1.807, 2.05) is 6.92 Å². The number of hydrogen-bond donors (Lipinski definition) is 2. The number of nitrogens with one attached hydrogen (secondary N) is 1. The summed E-state index contributed by atoms with van der Waals surface area (Å²) in [7, 11) is 0. The number of halogens is 1. The average molecular weight is 497 g/mol. The third-order valence-corrected chi connectivity index (χ3v) is 5.50. The number of carbonyl (C=O) groups is 3. The lowest BCUT2D eigenvalue weighted by Gasteiger charge is -2.28. The third kappa shape index (κ3) is 4.57. The summed E-state index contributed by atoms with van der Waals surface area (Å²) in [4.78, 5) is 38.0. The van der Waals surface area contributed by atoms with Crippen LogP contribution in [0.5, 0.6) is 5.75 Å². The van der Waals surface area contributed by atoms with E-state index in [-0.39, 0.29) is 27.0 Å². The van der Waals surface area contributed by atoms with Gasteiger partial charge in [0.25, 0.3) is 11.8 Å². The van der Waals surface area contributed by atoms with Crippen LogP contribution in [0.1, 0.15) is 23.0 Å². The van der Waals surface area contributed by atoms with Crippen LogP contribution in [-0.2, 0) is 9.59 Å². The Balaban J connectivity index is 1.62. The molecule has 0 saturated carbocycles. The number of benzene rings is 2. The minimum atomic E-state index is -1.14. The number of furan rings is 1. The van der Waals surface area contributed by atoms with Crippen LogP contribution >= 0.6 is 23.8 Å². The zero-order valence-electron chi connectivity index (χ0n) is 17.7. The highest BCUT2D eigenvalue weighted by Crippen LogP contribution is 2.29. The van der Waals surface area contributed by atoms with Gasteiger partial charge < -0.3 is 14.3 Å². The van der Waals surface area contributed by atoms with Crippen molar-refractivity contribution < 1.29 is 28.6 Å². The first-order chi connectivity index (χ1) is 16.3. The van der Waals surface area contributed by atoms with Crippen molar-refractivity contribution in [1.29, 1.82) is 0 Å². The first kappa shape index (κ1) is 23.2. The van der Waals surface area contributed by atoms with E-state index in [1.54, 1.807) is 42.5 Å². The van der Waals surface area contributed by atoms with Crippen molar-refractivity contribution in [1.82, 2.24) is 5.32 Å². The maximum absolute atomic E-state index is 13.1. The quantitative estimate of drug-likeness (QED) is 0.293. The third-order valence-electron chi connectivity index (χ3n) is 4.90. The van der Waals surface area contributed by atoms with Crippen molar-refractivity contribution in [2.24, 2.45) is 0 Å². The second kappa shape index (κ2) is 9.50. The smallest absolute Gasteiger partial charge is 0.337 e. The van der Waals surface area contributed by atoms with E-state index >= 15 is 0 Å². The van der Waals surface area contributed by atoms with Gasteiger partial charge in [0.05, 0.1) is 22.9 Å². The lowest BCUT2D eigenvalue weighted by molar-refractivity contribution is -0.122. The first-order valence-corrected chi connectivity index (χ1v) is 10.8. The van der Waals surface area contributed by atoms with E-state index in [0.717, 1.165) is 0 Å². The van der Waals surface area contributed by atoms with E-state index in [4.69, 9.17) is 38.1 Å². The molecule has 1 saturated heterocycles. The standard InChI is InChI=1S/C24H17ClN2O6S/c1-2-32-15-6-4-14(5-7-15)27-22(29)18(21(28)26-24(27)34)12-16-8-10-20(33-16)13-3-9-17(23(30)31)19(25)11-13/h3-12H,2H2,1H3,(H,30,31)(H,26,28,34)/b18-12+. The van der Waals surface area contributed by atoms with Gasteiger partial charge in [0.15, 0.2) is 5.11 Å². The molecule has 10 heteroatoms. The van der Waals surface area contributed by atoms with Crippen LogP contribution in [0.15, 0.2) is 64.6 Å². The lowest BCUT2D eigenvalue weighted by atomic mass is 10.1. The summed E-state index contributed by atoms with van der Waals surface area (Å²) in [5.41, 5.74) is 0.811. The lowest BCUT2D eigenvalue weighted by Crippen LogP contribution is -2.54. The molecule has 2 aromatic carbocycles. The van der Waals surface area contributed by atoms with E-state index < -0.39 is 17.8 Å². The van der Waals surface area contributed by atoms with E-state index in [2.05, 4.69) is 5.32 Å². The van der Waals surface area contributed by atoms with Gasteiger partial charge in [0.1, 0.15) is 22.8 Å². The van der Waals surface area contributed by atoms with Crippen LogP contribution in [0, 0.1) is 0 Å². The molecule has 2 heterocycles. The van der Waals surface area contributed by atoms with Gasteiger partial charge in [0, 0.05) is 5.56 Å². The summed E-state index contributed by atoms with van der Waals surface area (Å²) < 4.78 is 11.2. The SMILES string of the molecule is CCOc1ccc(N2C(=O)/C(=C/c3ccc(-c4ccc(C(=O)O)c(Cl)c4)o3)C(=O)NC2=S)cc1. The summed E-state index contributed by atoms with van der Waals surface area (Å²) in [6, 6.07) is 14.3. The fourth-order valence-electron chi connectivity index (χ4n) is 3.32. The molecule has 1 aromatic heterocycles. The Bertz CT molecular complexity index is 1350. The van der Waals surface area contributed by atoms with Crippen molar-refractivity contribution in [2.75, 3.05) is 11.5 Å². The van der Waals surface area contributed by atoms with Gasteiger partial charge in [-0.2, -0.15) is 0 Å². The largest absolute Gasteiger partial charge is 0.494 e. The maximum atomic E-state index is 13.1. The summed E-state index contributed by atoms with van der Waals surface area (Å²) in [5, 5.41) is 11.7. The van der Waals surface area contributed by atoms with Crippen molar-refractivity contribution in [3.63, 3.8) is 0 Å². The molecule has 2 amide bonds. The summed E-state index contributed by atoms with van der Waals surface area (Å²) in [6.07, 6.45) is 1.32. The fourth-order valence-corrected chi connectivity index (χ4v) is 3.86. The normalized spacial score (nSPS) is 14.9. The molecule has 4 rings (SSSR count). The predicted octanol–water partition coefficient (Wildman–Crippen LogP) is 4.53. The number of rotatable bonds is 6. The van der Waals surface area contributed by atoms with Gasteiger partial charge in [-0.25, -0.2) is 4.79 Å². The van der Waals surface area contributed by atoms with Gasteiger partial charge in [-0.05, 0) is 73.7 Å². The Kier molecular flexibility index (Phi) is 6.49. The van der Waals surface area contributed by atoms with Gasteiger partial charge in [0.2, 0.25) is 0 Å². The molecule has 172 valence electrons. The Morgan fingerprint density at radius 3 is 2.56 bits per heavy atom. The first-order valence-electron chi connectivity index (χ1n) is 10.1. The Morgan fingerprint density at radius 2 is 1.91 bits per heavy atom. The van der Waals surface area contributed by atoms with Crippen LogP contribution in [0.3, 0.4) is 0 Å². The van der Waals surface area contributed by atoms with Crippen LogP contribution in [0.4, 0.5) is 5.69 Å². The van der Waals surface area contributed by atoms with Crippen molar-refractivity contribution in [3.05, 3.63) is 76.5 Å². The van der Waals surface area contributed by atoms with Crippen molar-refractivity contribution in [3.8, 4) is 17.1 Å². The Hall–Kier alpha value is -3.95. The second-order valence-corrected chi connectivity index (χ2v) is 7.88. The molecule has 0 spiro atoms. The van der Waals surface area contributed by atoms with Crippen molar-refractivity contribution in [2.45, 2.75) is 6.92 Å². The topological polar surface area (TPSA) is 109 Å². The number of hydrogen-bond acceptors (Lipinski definition) is 6. The van der Waals surface area contributed by atoms with Gasteiger partial charge in [-0.3, -0.25) is 19.8 Å². The highest BCUT2D eigenvalue weighted by Gasteiger charge is 2.34. The Morgan fingerprint density at radius 1 is 1.18 bits per heavy atom. The molecule has 2 N–H and O–H groups in total. The maximum Gasteiger partial charge on any atom is 0.337 e. The predicted molar refractivity (Wildman–Crippen MR) is 130 cm³/mol.